The average molecular weight is 339 g/mol. The van der Waals surface area contributed by atoms with Gasteiger partial charge in [-0.05, 0) is 25.2 Å². The summed E-state index contributed by atoms with van der Waals surface area (Å²) >= 11 is 0. The molecule has 130 valence electrons. The quantitative estimate of drug-likeness (QED) is 0.917. The minimum atomic E-state index is -0.204. The van der Waals surface area contributed by atoms with Crippen LogP contribution >= 0.6 is 0 Å². The van der Waals surface area contributed by atoms with E-state index in [-0.39, 0.29) is 23.3 Å². The van der Waals surface area contributed by atoms with Crippen LogP contribution in [0.1, 0.15) is 37.8 Å². The Balaban J connectivity index is 1.58. The van der Waals surface area contributed by atoms with Crippen molar-refractivity contribution in [2.75, 3.05) is 13.1 Å². The summed E-state index contributed by atoms with van der Waals surface area (Å²) in [6, 6.07) is 1.54. The van der Waals surface area contributed by atoms with Gasteiger partial charge in [-0.25, -0.2) is 9.97 Å². The van der Waals surface area contributed by atoms with Crippen molar-refractivity contribution in [1.82, 2.24) is 24.8 Å². The molecule has 2 aromatic rings. The number of nitrogens with one attached hydrogen (secondary N) is 1. The van der Waals surface area contributed by atoms with Crippen LogP contribution in [0.2, 0.25) is 0 Å². The van der Waals surface area contributed by atoms with Crippen LogP contribution in [-0.2, 0) is 4.79 Å². The number of rotatable bonds is 3. The Morgan fingerprint density at radius 2 is 2.20 bits per heavy atom. The van der Waals surface area contributed by atoms with Crippen molar-refractivity contribution in [3.8, 4) is 11.5 Å². The zero-order chi connectivity index (χ0) is 17.4. The van der Waals surface area contributed by atoms with Crippen LogP contribution in [0.4, 0.5) is 0 Å². The summed E-state index contributed by atoms with van der Waals surface area (Å²) in [6.07, 6.45) is 7.59. The third-order valence-corrected chi connectivity index (χ3v) is 5.15. The lowest BCUT2D eigenvalue weighted by Gasteiger charge is -2.32. The molecule has 1 amide bonds. The Kier molecular flexibility index (Phi) is 4.07. The molecule has 7 heteroatoms. The number of hydrogen-bond donors (Lipinski definition) is 1. The number of carbonyl (C=O) groups is 1. The number of aromatic amines is 1. The summed E-state index contributed by atoms with van der Waals surface area (Å²) in [5, 5.41) is 0. The van der Waals surface area contributed by atoms with Gasteiger partial charge >= 0.3 is 0 Å². The van der Waals surface area contributed by atoms with Gasteiger partial charge in [-0.2, -0.15) is 0 Å². The maximum Gasteiger partial charge on any atom is 0.251 e. The molecule has 2 aromatic heterocycles. The molecule has 2 aliphatic rings. The number of aromatic nitrogens is 4. The number of likely N-dealkylation sites (tertiary alicyclic amines) is 1. The third-order valence-electron chi connectivity index (χ3n) is 5.15. The van der Waals surface area contributed by atoms with Gasteiger partial charge in [0, 0.05) is 43.4 Å². The maximum atomic E-state index is 12.5. The monoisotopic (exact) mass is 339 g/mol. The van der Waals surface area contributed by atoms with Crippen molar-refractivity contribution in [3.05, 3.63) is 40.7 Å². The molecule has 1 saturated carbocycles. The van der Waals surface area contributed by atoms with Crippen LogP contribution in [0, 0.1) is 11.8 Å². The molecule has 1 aliphatic carbocycles. The summed E-state index contributed by atoms with van der Waals surface area (Å²) in [5.41, 5.74) is 1.06. The predicted molar refractivity (Wildman–Crippen MR) is 91.7 cm³/mol. The SMILES string of the molecule is C[C@@H]1C[C@@H]1C(=O)N1CCC[C@H](c2cc(=O)[nH]c(-c3cnccn3)n2)C1. The second-order valence-corrected chi connectivity index (χ2v) is 7.05. The zero-order valence-electron chi connectivity index (χ0n) is 14.2. The fourth-order valence-corrected chi connectivity index (χ4v) is 3.55. The molecule has 7 nitrogen and oxygen atoms in total. The van der Waals surface area contributed by atoms with Gasteiger partial charge in [-0.1, -0.05) is 6.92 Å². The molecule has 2 fully saturated rings. The molecule has 0 spiro atoms. The number of H-pyrrole nitrogens is 1. The first kappa shape index (κ1) is 15.9. The number of hydrogen-bond acceptors (Lipinski definition) is 5. The van der Waals surface area contributed by atoms with Gasteiger partial charge in [0.05, 0.1) is 11.9 Å². The van der Waals surface area contributed by atoms with Gasteiger partial charge in [-0.3, -0.25) is 14.6 Å². The second kappa shape index (κ2) is 6.38. The summed E-state index contributed by atoms with van der Waals surface area (Å²) in [4.78, 5) is 42.1. The first-order valence-electron chi connectivity index (χ1n) is 8.78. The van der Waals surface area contributed by atoms with Crippen molar-refractivity contribution in [2.45, 2.75) is 32.1 Å². The number of piperidine rings is 1. The minimum absolute atomic E-state index is 0.0875. The van der Waals surface area contributed by atoms with Crippen molar-refractivity contribution < 1.29 is 4.79 Å². The molecular formula is C18H21N5O2. The highest BCUT2D eigenvalue weighted by Gasteiger charge is 2.42. The Morgan fingerprint density at radius 3 is 2.92 bits per heavy atom. The Morgan fingerprint density at radius 1 is 1.36 bits per heavy atom. The Hall–Kier alpha value is -2.57. The summed E-state index contributed by atoms with van der Waals surface area (Å²) in [6.45, 7) is 3.56. The van der Waals surface area contributed by atoms with E-state index >= 15 is 0 Å². The smallest absolute Gasteiger partial charge is 0.251 e. The lowest BCUT2D eigenvalue weighted by Crippen LogP contribution is -2.40. The van der Waals surface area contributed by atoms with Gasteiger partial charge in [0.2, 0.25) is 5.91 Å². The van der Waals surface area contributed by atoms with Crippen molar-refractivity contribution in [1.29, 1.82) is 0 Å². The van der Waals surface area contributed by atoms with E-state index in [4.69, 9.17) is 0 Å². The van der Waals surface area contributed by atoms with Gasteiger partial charge in [0.15, 0.2) is 5.82 Å². The molecule has 1 saturated heterocycles. The molecule has 4 rings (SSSR count). The first-order chi connectivity index (χ1) is 12.1. The van der Waals surface area contributed by atoms with Crippen LogP contribution in [0.25, 0.3) is 11.5 Å². The van der Waals surface area contributed by atoms with Crippen molar-refractivity contribution in [2.24, 2.45) is 11.8 Å². The minimum Gasteiger partial charge on any atom is -0.342 e. The van der Waals surface area contributed by atoms with Gasteiger partial charge in [0.25, 0.3) is 5.56 Å². The summed E-state index contributed by atoms with van der Waals surface area (Å²) < 4.78 is 0. The largest absolute Gasteiger partial charge is 0.342 e. The normalized spacial score (nSPS) is 25.6. The number of carbonyl (C=O) groups excluding carboxylic acids is 1. The topological polar surface area (TPSA) is 91.8 Å². The van der Waals surface area contributed by atoms with Crippen LogP contribution in [0.15, 0.2) is 29.5 Å². The molecule has 25 heavy (non-hydrogen) atoms. The average Bonchev–Trinajstić information content (AvgIpc) is 3.38. The van der Waals surface area contributed by atoms with Gasteiger partial charge < -0.3 is 9.88 Å². The van der Waals surface area contributed by atoms with Gasteiger partial charge in [-0.15, -0.1) is 0 Å². The van der Waals surface area contributed by atoms with E-state index in [2.05, 4.69) is 26.9 Å². The van der Waals surface area contributed by atoms with Crippen LogP contribution in [-0.4, -0.2) is 43.8 Å². The predicted octanol–water partition coefficient (Wildman–Crippen LogP) is 1.59. The molecule has 0 unspecified atom stereocenters. The van der Waals surface area contributed by atoms with Crippen LogP contribution in [0.5, 0.6) is 0 Å². The first-order valence-corrected chi connectivity index (χ1v) is 8.78. The van der Waals surface area contributed by atoms with Crippen molar-refractivity contribution >= 4 is 5.91 Å². The number of nitrogens with zero attached hydrogens (tertiary/aromatic N) is 4. The highest BCUT2D eigenvalue weighted by Crippen LogP contribution is 2.40. The van der Waals surface area contributed by atoms with Crippen LogP contribution in [0.3, 0.4) is 0 Å². The lowest BCUT2D eigenvalue weighted by molar-refractivity contribution is -0.134. The van der Waals surface area contributed by atoms with E-state index < -0.39 is 0 Å². The van der Waals surface area contributed by atoms with Crippen molar-refractivity contribution in [3.63, 3.8) is 0 Å². The molecule has 3 heterocycles. The highest BCUT2D eigenvalue weighted by molar-refractivity contribution is 5.81. The van der Waals surface area contributed by atoms with Gasteiger partial charge in [0.1, 0.15) is 5.69 Å². The second-order valence-electron chi connectivity index (χ2n) is 7.05. The molecule has 1 N–H and O–H groups in total. The molecule has 0 aromatic carbocycles. The molecule has 0 radical (unpaired) electrons. The van der Waals surface area contributed by atoms with E-state index in [1.54, 1.807) is 18.6 Å². The standard InChI is InChI=1S/C18H21N5O2/c1-11-7-13(11)18(25)23-6-2-3-12(10-23)14-8-16(24)22-17(21-14)15-9-19-4-5-20-15/h4-5,8-9,11-13H,2-3,6-7,10H2,1H3,(H,21,22,24)/t11-,12+,13+/m1/s1. The molecule has 0 bridgehead atoms. The highest BCUT2D eigenvalue weighted by atomic mass is 16.2. The fourth-order valence-electron chi connectivity index (χ4n) is 3.55. The molecular weight excluding hydrogens is 318 g/mol. The Bertz CT molecular complexity index is 835. The van der Waals surface area contributed by atoms with E-state index in [0.717, 1.165) is 31.5 Å². The fraction of sp³-hybridized carbons (Fsp3) is 0.500. The zero-order valence-corrected chi connectivity index (χ0v) is 14.2. The Labute approximate surface area is 145 Å². The van der Waals surface area contributed by atoms with E-state index in [1.165, 1.54) is 6.07 Å². The van der Waals surface area contributed by atoms with E-state index in [9.17, 15) is 9.59 Å². The third kappa shape index (κ3) is 3.31. The van der Waals surface area contributed by atoms with E-state index in [1.807, 2.05) is 4.90 Å². The van der Waals surface area contributed by atoms with Crippen LogP contribution < -0.4 is 5.56 Å². The summed E-state index contributed by atoms with van der Waals surface area (Å²) in [7, 11) is 0. The lowest BCUT2D eigenvalue weighted by atomic mass is 9.94. The van der Waals surface area contributed by atoms with E-state index in [0.29, 0.717) is 24.0 Å². The number of amides is 1. The molecule has 1 aliphatic heterocycles. The molecule has 3 atom stereocenters. The summed E-state index contributed by atoms with van der Waals surface area (Å²) in [5.74, 6) is 1.48. The maximum absolute atomic E-state index is 12.5.